The molecule has 2 saturated heterocycles. The predicted octanol–water partition coefficient (Wildman–Crippen LogP) is 2.92. The summed E-state index contributed by atoms with van der Waals surface area (Å²) in [5.41, 5.74) is 0. The van der Waals surface area contributed by atoms with E-state index in [0.29, 0.717) is 0 Å². The van der Waals surface area contributed by atoms with Crippen LogP contribution in [0.3, 0.4) is 0 Å². The molecule has 0 aromatic rings. The second-order valence-corrected chi connectivity index (χ2v) is 8.04. The highest BCUT2D eigenvalue weighted by Crippen LogP contribution is 2.29. The van der Waals surface area contributed by atoms with E-state index in [-0.39, 0.29) is 0 Å². The van der Waals surface area contributed by atoms with Gasteiger partial charge in [0.05, 0.1) is 0 Å². The number of unbranched alkanes of at least 4 members (excludes halogenated alkanes) is 1. The quantitative estimate of drug-likeness (QED) is 0.716. The molecular formula is C19H37N3. The van der Waals surface area contributed by atoms with Gasteiger partial charge in [-0.25, -0.2) is 0 Å². The lowest BCUT2D eigenvalue weighted by molar-refractivity contribution is 0.0846. The van der Waals surface area contributed by atoms with Crippen LogP contribution in [0.1, 0.15) is 51.9 Å². The molecule has 0 atom stereocenters. The zero-order valence-corrected chi connectivity index (χ0v) is 14.8. The maximum absolute atomic E-state index is 2.75. The maximum atomic E-state index is 2.75. The molecule has 0 spiro atoms. The monoisotopic (exact) mass is 307 g/mol. The Morgan fingerprint density at radius 3 is 1.77 bits per heavy atom. The van der Waals surface area contributed by atoms with Crippen molar-refractivity contribution in [2.45, 2.75) is 51.9 Å². The Balaban J connectivity index is 1.28. The number of nitrogens with zero attached hydrogens (tertiary/aromatic N) is 3. The Bertz CT molecular complexity index is 300. The third-order valence-electron chi connectivity index (χ3n) is 6.26. The minimum Gasteiger partial charge on any atom is -0.303 e. The molecule has 0 aromatic carbocycles. The minimum absolute atomic E-state index is 0.972. The first kappa shape index (κ1) is 16.7. The smallest absolute Gasteiger partial charge is 0.0110 e. The van der Waals surface area contributed by atoms with Gasteiger partial charge in [0, 0.05) is 39.3 Å². The fourth-order valence-electron chi connectivity index (χ4n) is 4.33. The van der Waals surface area contributed by atoms with E-state index in [4.69, 9.17) is 0 Å². The Morgan fingerprint density at radius 2 is 1.23 bits per heavy atom. The van der Waals surface area contributed by atoms with Crippen LogP contribution in [0.15, 0.2) is 0 Å². The molecule has 3 heteroatoms. The van der Waals surface area contributed by atoms with Crippen LogP contribution >= 0.6 is 0 Å². The summed E-state index contributed by atoms with van der Waals surface area (Å²) >= 11 is 0. The largest absolute Gasteiger partial charge is 0.303 e. The molecule has 2 aliphatic heterocycles. The number of piperidine rings is 1. The molecule has 2 heterocycles. The molecule has 128 valence electrons. The van der Waals surface area contributed by atoms with Crippen molar-refractivity contribution in [1.29, 1.82) is 0 Å². The molecule has 3 rings (SSSR count). The zero-order valence-electron chi connectivity index (χ0n) is 14.8. The lowest BCUT2D eigenvalue weighted by atomic mass is 9.84. The zero-order chi connectivity index (χ0) is 15.2. The molecule has 22 heavy (non-hydrogen) atoms. The fraction of sp³-hybridized carbons (Fsp3) is 1.00. The van der Waals surface area contributed by atoms with Gasteiger partial charge in [0.1, 0.15) is 0 Å². The number of rotatable bonds is 7. The Morgan fingerprint density at radius 1 is 0.682 bits per heavy atom. The highest BCUT2D eigenvalue weighted by molar-refractivity contribution is 4.81. The van der Waals surface area contributed by atoms with Gasteiger partial charge in [-0.3, -0.25) is 0 Å². The van der Waals surface area contributed by atoms with Crippen LogP contribution in [-0.4, -0.2) is 73.6 Å². The summed E-state index contributed by atoms with van der Waals surface area (Å²) < 4.78 is 0. The lowest BCUT2D eigenvalue weighted by Gasteiger charge is -2.40. The molecule has 1 aliphatic carbocycles. The Labute approximate surface area is 138 Å². The van der Waals surface area contributed by atoms with E-state index >= 15 is 0 Å². The topological polar surface area (TPSA) is 9.72 Å². The van der Waals surface area contributed by atoms with Gasteiger partial charge in [0.2, 0.25) is 0 Å². The van der Waals surface area contributed by atoms with E-state index in [0.717, 1.165) is 11.8 Å². The van der Waals surface area contributed by atoms with E-state index in [1.165, 1.54) is 104 Å². The average molecular weight is 308 g/mol. The third-order valence-corrected chi connectivity index (χ3v) is 6.26. The van der Waals surface area contributed by atoms with Crippen LogP contribution in [0.25, 0.3) is 0 Å². The first-order valence-electron chi connectivity index (χ1n) is 10.0. The van der Waals surface area contributed by atoms with Gasteiger partial charge >= 0.3 is 0 Å². The Kier molecular flexibility index (Phi) is 6.58. The molecule has 0 radical (unpaired) electrons. The van der Waals surface area contributed by atoms with Crippen molar-refractivity contribution in [3.05, 3.63) is 0 Å². The van der Waals surface area contributed by atoms with E-state index in [1.807, 2.05) is 0 Å². The van der Waals surface area contributed by atoms with Crippen molar-refractivity contribution in [3.8, 4) is 0 Å². The van der Waals surface area contributed by atoms with Crippen LogP contribution in [0.5, 0.6) is 0 Å². The van der Waals surface area contributed by atoms with Crippen LogP contribution < -0.4 is 0 Å². The van der Waals surface area contributed by atoms with E-state index in [2.05, 4.69) is 21.6 Å². The molecule has 3 nitrogen and oxygen atoms in total. The van der Waals surface area contributed by atoms with Crippen LogP contribution in [-0.2, 0) is 0 Å². The van der Waals surface area contributed by atoms with Gasteiger partial charge in [-0.1, -0.05) is 19.8 Å². The number of likely N-dealkylation sites (tertiary alicyclic amines) is 1. The van der Waals surface area contributed by atoms with Crippen LogP contribution in [0.2, 0.25) is 0 Å². The first-order valence-corrected chi connectivity index (χ1v) is 10.0. The summed E-state index contributed by atoms with van der Waals surface area (Å²) in [4.78, 5) is 8.17. The molecule has 0 N–H and O–H groups in total. The lowest BCUT2D eigenvalue weighted by Crippen LogP contribution is -2.49. The fourth-order valence-corrected chi connectivity index (χ4v) is 4.33. The third kappa shape index (κ3) is 4.94. The molecule has 3 aliphatic rings. The van der Waals surface area contributed by atoms with Crippen molar-refractivity contribution in [1.82, 2.24) is 14.7 Å². The summed E-state index contributed by atoms with van der Waals surface area (Å²) in [5, 5.41) is 0. The van der Waals surface area contributed by atoms with Crippen molar-refractivity contribution in [2.75, 3.05) is 58.9 Å². The van der Waals surface area contributed by atoms with E-state index in [9.17, 15) is 0 Å². The Hall–Kier alpha value is -0.120. The standard InChI is InChI=1S/C19H37N3/c1-2-3-9-20-12-14-22(15-13-20)17-19-7-10-21(11-8-19)16-18-5-4-6-18/h18-19H,2-17H2,1H3. The van der Waals surface area contributed by atoms with Crippen molar-refractivity contribution in [3.63, 3.8) is 0 Å². The summed E-state index contributed by atoms with van der Waals surface area (Å²) in [5.74, 6) is 2.02. The molecule has 0 unspecified atom stereocenters. The number of piperazine rings is 1. The predicted molar refractivity (Wildman–Crippen MR) is 94.3 cm³/mol. The number of hydrogen-bond donors (Lipinski definition) is 0. The SMILES string of the molecule is CCCCN1CCN(CC2CCN(CC3CCC3)CC2)CC1. The van der Waals surface area contributed by atoms with E-state index in [1.54, 1.807) is 0 Å². The van der Waals surface area contributed by atoms with E-state index < -0.39 is 0 Å². The van der Waals surface area contributed by atoms with Gasteiger partial charge < -0.3 is 14.7 Å². The minimum atomic E-state index is 0.972. The normalized spacial score (nSPS) is 27.1. The summed E-state index contributed by atoms with van der Waals surface area (Å²) in [6, 6.07) is 0. The molecular weight excluding hydrogens is 270 g/mol. The highest BCUT2D eigenvalue weighted by atomic mass is 15.3. The summed E-state index contributed by atoms with van der Waals surface area (Å²) in [6.07, 6.45) is 10.1. The molecule has 0 bridgehead atoms. The van der Waals surface area contributed by atoms with Crippen molar-refractivity contribution in [2.24, 2.45) is 11.8 Å². The van der Waals surface area contributed by atoms with Gasteiger partial charge in [0.25, 0.3) is 0 Å². The first-order chi connectivity index (χ1) is 10.8. The van der Waals surface area contributed by atoms with Crippen molar-refractivity contribution >= 4 is 0 Å². The number of hydrogen-bond acceptors (Lipinski definition) is 3. The molecule has 0 amide bonds. The molecule has 3 fully saturated rings. The second kappa shape index (κ2) is 8.65. The molecule has 1 saturated carbocycles. The summed E-state index contributed by atoms with van der Waals surface area (Å²) in [7, 11) is 0. The molecule has 0 aromatic heterocycles. The van der Waals surface area contributed by atoms with Crippen LogP contribution in [0, 0.1) is 11.8 Å². The summed E-state index contributed by atoms with van der Waals surface area (Å²) in [6.45, 7) is 14.4. The van der Waals surface area contributed by atoms with Gasteiger partial charge in [-0.15, -0.1) is 0 Å². The second-order valence-electron chi connectivity index (χ2n) is 8.04. The van der Waals surface area contributed by atoms with Crippen molar-refractivity contribution < 1.29 is 0 Å². The maximum Gasteiger partial charge on any atom is 0.0110 e. The van der Waals surface area contributed by atoms with Gasteiger partial charge in [-0.2, -0.15) is 0 Å². The van der Waals surface area contributed by atoms with Crippen LogP contribution in [0.4, 0.5) is 0 Å². The van der Waals surface area contributed by atoms with Gasteiger partial charge in [0.15, 0.2) is 0 Å². The highest BCUT2D eigenvalue weighted by Gasteiger charge is 2.26. The van der Waals surface area contributed by atoms with Gasteiger partial charge in [-0.05, 0) is 63.6 Å². The average Bonchev–Trinajstić information content (AvgIpc) is 2.52.